The van der Waals surface area contributed by atoms with Crippen LogP contribution in [0.5, 0.6) is 0 Å². The number of hydrogen-bond donors (Lipinski definition) is 1. The third-order valence-corrected chi connectivity index (χ3v) is 3.97. The van der Waals surface area contributed by atoms with Gasteiger partial charge in [-0.05, 0) is 24.6 Å². The van der Waals surface area contributed by atoms with Crippen molar-refractivity contribution in [3.63, 3.8) is 0 Å². The number of rotatable bonds is 4. The van der Waals surface area contributed by atoms with Crippen molar-refractivity contribution in [1.82, 2.24) is 19.6 Å². The van der Waals surface area contributed by atoms with E-state index in [-0.39, 0.29) is 22.5 Å². The summed E-state index contributed by atoms with van der Waals surface area (Å²) < 4.78 is 39.0. The summed E-state index contributed by atoms with van der Waals surface area (Å²) in [5.41, 5.74) is 0.665. The van der Waals surface area contributed by atoms with Gasteiger partial charge in [0, 0.05) is 11.8 Å². The summed E-state index contributed by atoms with van der Waals surface area (Å²) in [6.07, 6.45) is -3.60. The van der Waals surface area contributed by atoms with Gasteiger partial charge in [-0.15, -0.1) is 5.10 Å². The van der Waals surface area contributed by atoms with Crippen LogP contribution in [0.3, 0.4) is 0 Å². The van der Waals surface area contributed by atoms with Gasteiger partial charge in [0.15, 0.2) is 5.65 Å². The highest BCUT2D eigenvalue weighted by Gasteiger charge is 2.33. The maximum Gasteiger partial charge on any atom is 0.433 e. The second kappa shape index (κ2) is 6.71. The first-order chi connectivity index (χ1) is 11.8. The molecule has 0 radical (unpaired) electrons. The minimum atomic E-state index is -4.55. The number of hydrogen-bond acceptors (Lipinski definition) is 5. The molecule has 0 aliphatic carbocycles. The molecule has 0 atom stereocenters. The predicted molar refractivity (Wildman–Crippen MR) is 86.3 cm³/mol. The Morgan fingerprint density at radius 3 is 2.84 bits per heavy atom. The van der Waals surface area contributed by atoms with Crippen LogP contribution in [0.1, 0.15) is 11.3 Å². The van der Waals surface area contributed by atoms with Gasteiger partial charge < -0.3 is 5.32 Å². The molecular weight excluding hydrogens is 355 g/mol. The van der Waals surface area contributed by atoms with Crippen molar-refractivity contribution in [2.45, 2.75) is 18.3 Å². The minimum absolute atomic E-state index is 0.0175. The molecule has 130 valence electrons. The van der Waals surface area contributed by atoms with Gasteiger partial charge in [0.05, 0.1) is 5.75 Å². The van der Waals surface area contributed by atoms with Crippen molar-refractivity contribution in [2.24, 2.45) is 0 Å². The molecule has 6 nitrogen and oxygen atoms in total. The zero-order valence-electron chi connectivity index (χ0n) is 12.9. The van der Waals surface area contributed by atoms with Gasteiger partial charge in [-0.3, -0.25) is 4.79 Å². The number of alkyl halides is 3. The number of aryl methyl sites for hydroxylation is 1. The highest BCUT2D eigenvalue weighted by molar-refractivity contribution is 7.99. The molecular formula is C15H12F3N5OS. The fraction of sp³-hybridized carbons (Fsp3) is 0.200. The van der Waals surface area contributed by atoms with E-state index in [1.54, 1.807) is 6.07 Å². The lowest BCUT2D eigenvalue weighted by Crippen LogP contribution is -2.14. The van der Waals surface area contributed by atoms with E-state index < -0.39 is 11.9 Å². The zero-order chi connectivity index (χ0) is 18.0. The van der Waals surface area contributed by atoms with E-state index in [1.165, 1.54) is 0 Å². The van der Waals surface area contributed by atoms with Crippen LogP contribution in [0.2, 0.25) is 0 Å². The summed E-state index contributed by atoms with van der Waals surface area (Å²) in [6.45, 7) is 1.91. The van der Waals surface area contributed by atoms with E-state index in [0.29, 0.717) is 5.69 Å². The lowest BCUT2D eigenvalue weighted by atomic mass is 10.2. The number of halogens is 3. The summed E-state index contributed by atoms with van der Waals surface area (Å²) in [5.74, 6) is -0.228. The Kier molecular flexibility index (Phi) is 4.62. The first-order valence-electron chi connectivity index (χ1n) is 7.10. The quantitative estimate of drug-likeness (QED) is 0.717. The van der Waals surface area contributed by atoms with Crippen LogP contribution in [-0.4, -0.2) is 31.2 Å². The molecule has 3 rings (SSSR count). The van der Waals surface area contributed by atoms with Gasteiger partial charge in [-0.25, -0.2) is 14.5 Å². The number of aromatic nitrogens is 4. The summed E-state index contributed by atoms with van der Waals surface area (Å²) >= 11 is 1.03. The molecule has 25 heavy (non-hydrogen) atoms. The summed E-state index contributed by atoms with van der Waals surface area (Å²) in [4.78, 5) is 19.2. The van der Waals surface area contributed by atoms with Gasteiger partial charge in [-0.2, -0.15) is 13.2 Å². The average Bonchev–Trinajstić information content (AvgIpc) is 2.94. The van der Waals surface area contributed by atoms with Crippen molar-refractivity contribution in [3.8, 4) is 0 Å². The maximum absolute atomic E-state index is 12.6. The average molecular weight is 367 g/mol. The van der Waals surface area contributed by atoms with Gasteiger partial charge in [0.2, 0.25) is 11.1 Å². The monoisotopic (exact) mass is 367 g/mol. The fourth-order valence-electron chi connectivity index (χ4n) is 2.04. The minimum Gasteiger partial charge on any atom is -0.325 e. The molecule has 1 N–H and O–H groups in total. The fourth-order valence-corrected chi connectivity index (χ4v) is 2.68. The molecule has 2 heterocycles. The van der Waals surface area contributed by atoms with Crippen LogP contribution in [0.4, 0.5) is 18.9 Å². The SMILES string of the molecule is Cc1cccc(NC(=O)CSc2nc3cc(C(F)(F)F)ncn3n2)c1. The molecule has 0 spiro atoms. The number of nitrogens with zero attached hydrogens (tertiary/aromatic N) is 4. The molecule has 3 aromatic rings. The Labute approximate surface area is 144 Å². The first kappa shape index (κ1) is 17.2. The van der Waals surface area contributed by atoms with Gasteiger partial charge in [0.25, 0.3) is 0 Å². The van der Waals surface area contributed by atoms with Crippen LogP contribution >= 0.6 is 11.8 Å². The Bertz CT molecular complexity index is 925. The zero-order valence-corrected chi connectivity index (χ0v) is 13.7. The van der Waals surface area contributed by atoms with E-state index in [4.69, 9.17) is 0 Å². The number of nitrogens with one attached hydrogen (secondary N) is 1. The molecule has 1 aromatic carbocycles. The molecule has 0 unspecified atom stereocenters. The van der Waals surface area contributed by atoms with E-state index in [2.05, 4.69) is 20.4 Å². The van der Waals surface area contributed by atoms with Gasteiger partial charge in [0.1, 0.15) is 12.0 Å². The van der Waals surface area contributed by atoms with Crippen LogP contribution in [0, 0.1) is 6.92 Å². The number of anilines is 1. The normalized spacial score (nSPS) is 11.7. The van der Waals surface area contributed by atoms with Gasteiger partial charge >= 0.3 is 6.18 Å². The molecule has 0 saturated carbocycles. The van der Waals surface area contributed by atoms with Crippen LogP contribution in [0.25, 0.3) is 5.65 Å². The Morgan fingerprint density at radius 2 is 2.12 bits per heavy atom. The topological polar surface area (TPSA) is 72.2 Å². The second-order valence-corrected chi connectivity index (χ2v) is 6.12. The Morgan fingerprint density at radius 1 is 1.32 bits per heavy atom. The largest absolute Gasteiger partial charge is 0.433 e. The second-order valence-electron chi connectivity index (χ2n) is 5.18. The van der Waals surface area contributed by atoms with Crippen molar-refractivity contribution < 1.29 is 18.0 Å². The lowest BCUT2D eigenvalue weighted by Gasteiger charge is -2.04. The molecule has 0 bridgehead atoms. The third-order valence-electron chi connectivity index (χ3n) is 3.13. The first-order valence-corrected chi connectivity index (χ1v) is 8.09. The summed E-state index contributed by atoms with van der Waals surface area (Å²) in [5, 5.41) is 6.92. The van der Waals surface area contributed by atoms with Crippen LogP contribution in [-0.2, 0) is 11.0 Å². The number of carbonyl (C=O) groups is 1. The molecule has 0 saturated heterocycles. The number of benzene rings is 1. The van der Waals surface area contributed by atoms with Crippen molar-refractivity contribution in [3.05, 3.63) is 47.9 Å². The van der Waals surface area contributed by atoms with E-state index in [1.807, 2.05) is 25.1 Å². The summed E-state index contributed by atoms with van der Waals surface area (Å²) in [6, 6.07) is 8.14. The Balaban J connectivity index is 1.65. The van der Waals surface area contributed by atoms with Crippen molar-refractivity contribution in [1.29, 1.82) is 0 Å². The van der Waals surface area contributed by atoms with E-state index in [0.717, 1.165) is 34.2 Å². The highest BCUT2D eigenvalue weighted by Crippen LogP contribution is 2.28. The third kappa shape index (κ3) is 4.27. The lowest BCUT2D eigenvalue weighted by molar-refractivity contribution is -0.141. The van der Waals surface area contributed by atoms with Crippen LogP contribution in [0.15, 0.2) is 41.8 Å². The number of carbonyl (C=O) groups excluding carboxylic acids is 1. The standard InChI is InChI=1S/C15H12F3N5OS/c1-9-3-2-4-10(5-9)20-13(24)7-25-14-21-12-6-11(15(16,17)18)19-8-23(12)22-14/h2-6,8H,7H2,1H3,(H,20,24). The predicted octanol–water partition coefficient (Wildman–Crippen LogP) is 3.18. The van der Waals surface area contributed by atoms with Crippen molar-refractivity contribution in [2.75, 3.05) is 11.1 Å². The molecule has 10 heteroatoms. The molecule has 2 aromatic heterocycles. The van der Waals surface area contributed by atoms with E-state index >= 15 is 0 Å². The van der Waals surface area contributed by atoms with Gasteiger partial charge in [-0.1, -0.05) is 23.9 Å². The van der Waals surface area contributed by atoms with E-state index in [9.17, 15) is 18.0 Å². The number of amides is 1. The molecule has 0 aliphatic rings. The van der Waals surface area contributed by atoms with Crippen molar-refractivity contribution >= 4 is 29.0 Å². The molecule has 0 aliphatic heterocycles. The maximum atomic E-state index is 12.6. The Hall–Kier alpha value is -2.62. The smallest absolute Gasteiger partial charge is 0.325 e. The molecule has 0 fully saturated rings. The molecule has 1 amide bonds. The number of thioether (sulfide) groups is 1. The summed E-state index contributed by atoms with van der Waals surface area (Å²) in [7, 11) is 0. The number of fused-ring (bicyclic) bond motifs is 1. The van der Waals surface area contributed by atoms with Crippen LogP contribution < -0.4 is 5.32 Å². The highest BCUT2D eigenvalue weighted by atomic mass is 32.2.